The highest BCUT2D eigenvalue weighted by atomic mass is 32.1. The Bertz CT molecular complexity index is 865. The van der Waals surface area contributed by atoms with Gasteiger partial charge in [0.1, 0.15) is 10.8 Å². The summed E-state index contributed by atoms with van der Waals surface area (Å²) >= 11 is 1.74. The van der Waals surface area contributed by atoms with Crippen LogP contribution in [0.15, 0.2) is 53.9 Å². The van der Waals surface area contributed by atoms with Gasteiger partial charge in [-0.1, -0.05) is 29.8 Å². The van der Waals surface area contributed by atoms with Crippen molar-refractivity contribution in [3.8, 4) is 16.3 Å². The minimum Gasteiger partial charge on any atom is -0.497 e. The van der Waals surface area contributed by atoms with E-state index in [2.05, 4.69) is 58.5 Å². The van der Waals surface area contributed by atoms with Gasteiger partial charge in [-0.3, -0.25) is 4.90 Å². The second kappa shape index (κ2) is 8.11. The van der Waals surface area contributed by atoms with Gasteiger partial charge in [0.15, 0.2) is 0 Å². The lowest BCUT2D eigenvalue weighted by atomic mass is 10.2. The van der Waals surface area contributed by atoms with Crippen molar-refractivity contribution in [1.82, 2.24) is 9.88 Å². The molecule has 3 aromatic rings. The van der Waals surface area contributed by atoms with E-state index >= 15 is 0 Å². The normalized spacial score (nSPS) is 15.1. The number of hydrogen-bond donors (Lipinski definition) is 0. The molecule has 0 radical (unpaired) electrons. The lowest BCUT2D eigenvalue weighted by Gasteiger charge is -2.35. The Labute approximate surface area is 165 Å². The van der Waals surface area contributed by atoms with Crippen LogP contribution in [0, 0.1) is 6.92 Å². The Morgan fingerprint density at radius 1 is 0.963 bits per heavy atom. The van der Waals surface area contributed by atoms with Gasteiger partial charge < -0.3 is 9.64 Å². The fourth-order valence-electron chi connectivity index (χ4n) is 3.39. The fourth-order valence-corrected chi connectivity index (χ4v) is 4.21. The topological polar surface area (TPSA) is 28.6 Å². The Morgan fingerprint density at radius 2 is 1.67 bits per heavy atom. The third kappa shape index (κ3) is 4.31. The lowest BCUT2D eigenvalue weighted by molar-refractivity contribution is 0.247. The monoisotopic (exact) mass is 379 g/mol. The van der Waals surface area contributed by atoms with E-state index in [1.165, 1.54) is 22.5 Å². The van der Waals surface area contributed by atoms with E-state index in [9.17, 15) is 0 Å². The number of aromatic nitrogens is 1. The largest absolute Gasteiger partial charge is 0.497 e. The van der Waals surface area contributed by atoms with Gasteiger partial charge in [0.2, 0.25) is 0 Å². The van der Waals surface area contributed by atoms with Gasteiger partial charge in [0.05, 0.1) is 12.8 Å². The molecule has 0 saturated carbocycles. The van der Waals surface area contributed by atoms with E-state index in [1.807, 2.05) is 12.1 Å². The number of nitrogens with zero attached hydrogens (tertiary/aromatic N) is 3. The van der Waals surface area contributed by atoms with E-state index in [1.54, 1.807) is 18.4 Å². The van der Waals surface area contributed by atoms with Crippen LogP contribution in [0.3, 0.4) is 0 Å². The molecule has 4 nitrogen and oxygen atoms in total. The summed E-state index contributed by atoms with van der Waals surface area (Å²) in [5.74, 6) is 0.908. The molecule has 0 N–H and O–H groups in total. The number of thiazole rings is 1. The van der Waals surface area contributed by atoms with Gasteiger partial charge >= 0.3 is 0 Å². The van der Waals surface area contributed by atoms with Gasteiger partial charge in [0, 0.05) is 49.4 Å². The Balaban J connectivity index is 1.33. The van der Waals surface area contributed by atoms with E-state index in [0.29, 0.717) is 0 Å². The molecular formula is C22H25N3OS. The maximum absolute atomic E-state index is 5.25. The van der Waals surface area contributed by atoms with Crippen molar-refractivity contribution in [1.29, 1.82) is 0 Å². The highest BCUT2D eigenvalue weighted by Gasteiger charge is 2.18. The zero-order chi connectivity index (χ0) is 18.6. The molecule has 1 aliphatic rings. The second-order valence-electron chi connectivity index (χ2n) is 6.97. The van der Waals surface area contributed by atoms with Gasteiger partial charge in [-0.05, 0) is 31.2 Å². The third-order valence-electron chi connectivity index (χ3n) is 5.05. The first kappa shape index (κ1) is 18.0. The summed E-state index contributed by atoms with van der Waals surface area (Å²) in [6.07, 6.45) is 0. The first-order chi connectivity index (χ1) is 13.2. The van der Waals surface area contributed by atoms with Crippen molar-refractivity contribution < 1.29 is 4.74 Å². The molecule has 2 aromatic carbocycles. The molecule has 0 spiro atoms. The summed E-state index contributed by atoms with van der Waals surface area (Å²) in [4.78, 5) is 9.78. The smallest absolute Gasteiger partial charge is 0.123 e. The molecule has 5 heteroatoms. The van der Waals surface area contributed by atoms with Crippen LogP contribution in [0.2, 0.25) is 0 Å². The molecule has 2 heterocycles. The molecule has 1 fully saturated rings. The van der Waals surface area contributed by atoms with Crippen LogP contribution in [0.25, 0.3) is 10.6 Å². The van der Waals surface area contributed by atoms with Crippen molar-refractivity contribution in [2.75, 3.05) is 38.2 Å². The van der Waals surface area contributed by atoms with Crippen molar-refractivity contribution in [3.63, 3.8) is 0 Å². The number of aryl methyl sites for hydroxylation is 1. The molecule has 27 heavy (non-hydrogen) atoms. The number of methoxy groups -OCH3 is 1. The predicted octanol–water partition coefficient (Wildman–Crippen LogP) is 4.45. The zero-order valence-electron chi connectivity index (χ0n) is 15.9. The molecule has 1 aromatic heterocycles. The zero-order valence-corrected chi connectivity index (χ0v) is 16.7. The average Bonchev–Trinajstić information content (AvgIpc) is 3.18. The molecule has 1 saturated heterocycles. The molecule has 4 rings (SSSR count). The van der Waals surface area contributed by atoms with E-state index < -0.39 is 0 Å². The number of rotatable bonds is 5. The molecule has 0 unspecified atom stereocenters. The van der Waals surface area contributed by atoms with Crippen LogP contribution >= 0.6 is 11.3 Å². The van der Waals surface area contributed by atoms with Crippen LogP contribution in [-0.4, -0.2) is 43.2 Å². The van der Waals surface area contributed by atoms with Crippen LogP contribution < -0.4 is 9.64 Å². The molecule has 0 bridgehead atoms. The standard InChI is InChI=1S/C22H25N3OS/c1-17-3-5-18(6-4-17)22-23-19(16-27-22)15-24-11-13-25(14-12-24)20-7-9-21(26-2)10-8-20/h3-10,16H,11-15H2,1-2H3. The SMILES string of the molecule is COc1ccc(N2CCN(Cc3csc(-c4ccc(C)cc4)n3)CC2)cc1. The predicted molar refractivity (Wildman–Crippen MR) is 113 cm³/mol. The van der Waals surface area contributed by atoms with Crippen molar-refractivity contribution >= 4 is 17.0 Å². The molecule has 140 valence electrons. The van der Waals surface area contributed by atoms with Crippen LogP contribution in [0.1, 0.15) is 11.3 Å². The van der Waals surface area contributed by atoms with Crippen molar-refractivity contribution in [2.24, 2.45) is 0 Å². The second-order valence-corrected chi connectivity index (χ2v) is 7.83. The van der Waals surface area contributed by atoms with Crippen LogP contribution in [0.4, 0.5) is 5.69 Å². The molecular weight excluding hydrogens is 354 g/mol. The van der Waals surface area contributed by atoms with E-state index in [4.69, 9.17) is 9.72 Å². The number of piperazine rings is 1. The maximum atomic E-state index is 5.25. The molecule has 1 aliphatic heterocycles. The van der Waals surface area contributed by atoms with Gasteiger partial charge in [0.25, 0.3) is 0 Å². The highest BCUT2D eigenvalue weighted by molar-refractivity contribution is 7.13. The quantitative estimate of drug-likeness (QED) is 0.655. The van der Waals surface area contributed by atoms with E-state index in [0.717, 1.165) is 43.5 Å². The first-order valence-electron chi connectivity index (χ1n) is 9.34. The van der Waals surface area contributed by atoms with Gasteiger partial charge in [-0.25, -0.2) is 4.98 Å². The van der Waals surface area contributed by atoms with Gasteiger partial charge in [-0.2, -0.15) is 0 Å². The lowest BCUT2D eigenvalue weighted by Crippen LogP contribution is -2.46. The summed E-state index contributed by atoms with van der Waals surface area (Å²) in [7, 11) is 1.70. The van der Waals surface area contributed by atoms with Crippen molar-refractivity contribution in [2.45, 2.75) is 13.5 Å². The molecule has 0 amide bonds. The number of hydrogen-bond acceptors (Lipinski definition) is 5. The van der Waals surface area contributed by atoms with Crippen molar-refractivity contribution in [3.05, 3.63) is 65.2 Å². The fraction of sp³-hybridized carbons (Fsp3) is 0.318. The summed E-state index contributed by atoms with van der Waals surface area (Å²) < 4.78 is 5.25. The van der Waals surface area contributed by atoms with E-state index in [-0.39, 0.29) is 0 Å². The maximum Gasteiger partial charge on any atom is 0.123 e. The number of benzene rings is 2. The minimum absolute atomic E-state index is 0.908. The van der Waals surface area contributed by atoms with Crippen LogP contribution in [-0.2, 0) is 6.54 Å². The molecule has 0 atom stereocenters. The minimum atomic E-state index is 0.908. The highest BCUT2D eigenvalue weighted by Crippen LogP contribution is 2.25. The van der Waals surface area contributed by atoms with Crippen LogP contribution in [0.5, 0.6) is 5.75 Å². The Hall–Kier alpha value is -2.37. The summed E-state index contributed by atoms with van der Waals surface area (Å²) in [5, 5.41) is 3.31. The van der Waals surface area contributed by atoms with Gasteiger partial charge in [-0.15, -0.1) is 11.3 Å². The average molecular weight is 380 g/mol. The summed E-state index contributed by atoms with van der Waals surface area (Å²) in [6, 6.07) is 17.0. The Kier molecular flexibility index (Phi) is 5.41. The summed E-state index contributed by atoms with van der Waals surface area (Å²) in [6.45, 7) is 7.25. The number of anilines is 1. The third-order valence-corrected chi connectivity index (χ3v) is 5.99. The number of ether oxygens (including phenoxy) is 1. The summed E-state index contributed by atoms with van der Waals surface area (Å²) in [5.41, 5.74) is 4.94. The molecule has 0 aliphatic carbocycles. The first-order valence-corrected chi connectivity index (χ1v) is 10.2. The Morgan fingerprint density at radius 3 is 2.33 bits per heavy atom.